The van der Waals surface area contributed by atoms with Crippen molar-refractivity contribution < 1.29 is 4.74 Å². The number of anilines is 1. The highest BCUT2D eigenvalue weighted by atomic mass is 32.1. The van der Waals surface area contributed by atoms with Gasteiger partial charge in [0.1, 0.15) is 23.4 Å². The SMILES string of the molecule is CCN(CC)c1ccc(/C=C(\C#N)c2nc3ccccc3s2)c(OCc2ccc(N=[N+]=[N-])cc2)c1. The van der Waals surface area contributed by atoms with Crippen molar-refractivity contribution in [2.75, 3.05) is 18.0 Å². The Bertz CT molecular complexity index is 1410. The molecular formula is C27H24N6OS. The van der Waals surface area contributed by atoms with E-state index in [4.69, 9.17) is 10.3 Å². The molecule has 0 saturated heterocycles. The summed E-state index contributed by atoms with van der Waals surface area (Å²) in [7, 11) is 0. The summed E-state index contributed by atoms with van der Waals surface area (Å²) in [4.78, 5) is 9.70. The molecule has 0 N–H and O–H groups in total. The van der Waals surface area contributed by atoms with Gasteiger partial charge in [-0.2, -0.15) is 5.26 Å². The van der Waals surface area contributed by atoms with Gasteiger partial charge in [0, 0.05) is 41.0 Å². The second-order valence-corrected chi connectivity index (χ2v) is 8.73. The first-order chi connectivity index (χ1) is 17.1. The van der Waals surface area contributed by atoms with E-state index in [0.29, 0.717) is 28.6 Å². The Labute approximate surface area is 208 Å². The third-order valence-corrected chi connectivity index (χ3v) is 6.63. The van der Waals surface area contributed by atoms with Crippen molar-refractivity contribution in [2.24, 2.45) is 5.11 Å². The lowest BCUT2D eigenvalue weighted by Gasteiger charge is -2.22. The fraction of sp³-hybridized carbons (Fsp3) is 0.185. The number of fused-ring (bicyclic) bond motifs is 1. The minimum absolute atomic E-state index is 0.335. The van der Waals surface area contributed by atoms with Crippen LogP contribution < -0.4 is 9.64 Å². The quantitative estimate of drug-likeness (QED) is 0.106. The predicted octanol–water partition coefficient (Wildman–Crippen LogP) is 7.73. The zero-order chi connectivity index (χ0) is 24.6. The van der Waals surface area contributed by atoms with Crippen LogP contribution in [0.1, 0.15) is 30.0 Å². The Morgan fingerprint density at radius 1 is 1.14 bits per heavy atom. The van der Waals surface area contributed by atoms with E-state index in [1.807, 2.05) is 60.7 Å². The highest BCUT2D eigenvalue weighted by Crippen LogP contribution is 2.32. The molecule has 3 aromatic carbocycles. The van der Waals surface area contributed by atoms with Crippen molar-refractivity contribution in [3.8, 4) is 11.8 Å². The van der Waals surface area contributed by atoms with Crippen LogP contribution in [0.5, 0.6) is 5.75 Å². The fourth-order valence-electron chi connectivity index (χ4n) is 3.71. The maximum absolute atomic E-state index is 9.92. The van der Waals surface area contributed by atoms with E-state index < -0.39 is 0 Å². The van der Waals surface area contributed by atoms with E-state index in [-0.39, 0.29) is 0 Å². The first kappa shape index (κ1) is 23.8. The maximum Gasteiger partial charge on any atom is 0.135 e. The third-order valence-electron chi connectivity index (χ3n) is 5.56. The number of hydrogen-bond donors (Lipinski definition) is 0. The van der Waals surface area contributed by atoms with Crippen molar-refractivity contribution in [3.63, 3.8) is 0 Å². The molecule has 1 heterocycles. The molecule has 0 unspecified atom stereocenters. The number of benzene rings is 3. The molecular weight excluding hydrogens is 456 g/mol. The molecule has 1 aromatic heterocycles. The van der Waals surface area contributed by atoms with Gasteiger partial charge in [-0.25, -0.2) is 4.98 Å². The monoisotopic (exact) mass is 480 g/mol. The Hall–Kier alpha value is -4.31. The zero-order valence-corrected chi connectivity index (χ0v) is 20.4. The van der Waals surface area contributed by atoms with Crippen LogP contribution in [0.4, 0.5) is 11.4 Å². The lowest BCUT2D eigenvalue weighted by molar-refractivity contribution is 0.305. The Morgan fingerprint density at radius 3 is 2.60 bits per heavy atom. The van der Waals surface area contributed by atoms with Gasteiger partial charge in [0.25, 0.3) is 0 Å². The smallest absolute Gasteiger partial charge is 0.135 e. The molecule has 0 radical (unpaired) electrons. The van der Waals surface area contributed by atoms with Crippen LogP contribution in [-0.4, -0.2) is 18.1 Å². The average Bonchev–Trinajstić information content (AvgIpc) is 3.32. The topological polar surface area (TPSA) is 97.9 Å². The van der Waals surface area contributed by atoms with E-state index >= 15 is 0 Å². The van der Waals surface area contributed by atoms with Gasteiger partial charge in [0.2, 0.25) is 0 Å². The minimum atomic E-state index is 0.335. The van der Waals surface area contributed by atoms with E-state index in [2.05, 4.69) is 39.8 Å². The predicted molar refractivity (Wildman–Crippen MR) is 143 cm³/mol. The number of ether oxygens (including phenoxy) is 1. The third kappa shape index (κ3) is 5.61. The summed E-state index contributed by atoms with van der Waals surface area (Å²) < 4.78 is 7.28. The normalized spacial score (nSPS) is 11.1. The van der Waals surface area contributed by atoms with Crippen molar-refractivity contribution >= 4 is 44.6 Å². The number of azide groups is 1. The van der Waals surface area contributed by atoms with Crippen LogP contribution in [0.3, 0.4) is 0 Å². The Morgan fingerprint density at radius 2 is 1.91 bits per heavy atom. The molecule has 0 atom stereocenters. The van der Waals surface area contributed by atoms with E-state index in [0.717, 1.165) is 40.1 Å². The molecule has 0 aliphatic rings. The molecule has 0 fully saturated rings. The van der Waals surface area contributed by atoms with Crippen LogP contribution in [0.2, 0.25) is 0 Å². The fourth-order valence-corrected chi connectivity index (χ4v) is 4.64. The van der Waals surface area contributed by atoms with Crippen LogP contribution in [0.25, 0.3) is 32.3 Å². The van der Waals surface area contributed by atoms with Gasteiger partial charge in [-0.05, 0) is 55.3 Å². The molecule has 0 amide bonds. The second kappa shape index (κ2) is 11.2. The number of allylic oxidation sites excluding steroid dienone is 1. The summed E-state index contributed by atoms with van der Waals surface area (Å²) in [6, 6.07) is 23.5. The number of para-hydroxylation sites is 1. The number of thiazole rings is 1. The van der Waals surface area contributed by atoms with E-state index in [1.165, 1.54) is 11.3 Å². The van der Waals surface area contributed by atoms with E-state index in [1.54, 1.807) is 12.1 Å². The summed E-state index contributed by atoms with van der Waals surface area (Å²) in [5.74, 6) is 0.683. The van der Waals surface area contributed by atoms with Gasteiger partial charge in [-0.1, -0.05) is 41.5 Å². The molecule has 7 nitrogen and oxygen atoms in total. The second-order valence-electron chi connectivity index (χ2n) is 7.70. The largest absolute Gasteiger partial charge is 0.488 e. The van der Waals surface area contributed by atoms with Gasteiger partial charge in [0.15, 0.2) is 0 Å². The van der Waals surface area contributed by atoms with Crippen LogP contribution >= 0.6 is 11.3 Å². The molecule has 0 aliphatic heterocycles. The van der Waals surface area contributed by atoms with Crippen molar-refractivity contribution in [2.45, 2.75) is 20.5 Å². The lowest BCUT2D eigenvalue weighted by Crippen LogP contribution is -2.21. The molecule has 8 heteroatoms. The average molecular weight is 481 g/mol. The number of hydrogen-bond acceptors (Lipinski definition) is 6. The summed E-state index contributed by atoms with van der Waals surface area (Å²) in [5, 5.41) is 14.2. The number of rotatable bonds is 9. The van der Waals surface area contributed by atoms with Crippen LogP contribution in [-0.2, 0) is 6.61 Å². The molecule has 0 saturated carbocycles. The summed E-state index contributed by atoms with van der Waals surface area (Å²) >= 11 is 1.50. The Kier molecular flexibility index (Phi) is 7.63. The van der Waals surface area contributed by atoms with Gasteiger partial charge in [-0.3, -0.25) is 0 Å². The molecule has 0 bridgehead atoms. The van der Waals surface area contributed by atoms with Crippen LogP contribution in [0, 0.1) is 11.3 Å². The minimum Gasteiger partial charge on any atom is -0.488 e. The zero-order valence-electron chi connectivity index (χ0n) is 19.5. The van der Waals surface area contributed by atoms with E-state index in [9.17, 15) is 5.26 Å². The highest BCUT2D eigenvalue weighted by Gasteiger charge is 2.13. The molecule has 0 aliphatic carbocycles. The molecule has 174 valence electrons. The number of aromatic nitrogens is 1. The summed E-state index contributed by atoms with van der Waals surface area (Å²) in [6.45, 7) is 6.32. The first-order valence-electron chi connectivity index (χ1n) is 11.3. The highest BCUT2D eigenvalue weighted by molar-refractivity contribution is 7.19. The van der Waals surface area contributed by atoms with Crippen molar-refractivity contribution in [3.05, 3.63) is 93.3 Å². The standard InChI is InChI=1S/C27H24N6OS/c1-3-33(4-2)23-14-11-20(15-21(17-28)27-30-24-7-5-6-8-26(24)35-27)25(16-23)34-18-19-9-12-22(13-10-19)31-32-29/h5-16H,3-4,18H2,1-2H3/b21-15+. The summed E-state index contributed by atoms with van der Waals surface area (Å²) in [6.07, 6.45) is 1.84. The number of nitriles is 1. The van der Waals surface area contributed by atoms with Gasteiger partial charge in [-0.15, -0.1) is 11.3 Å². The number of nitrogens with zero attached hydrogens (tertiary/aromatic N) is 6. The molecule has 4 rings (SSSR count). The van der Waals surface area contributed by atoms with Crippen LogP contribution in [0.15, 0.2) is 71.8 Å². The summed E-state index contributed by atoms with van der Waals surface area (Å²) in [5.41, 5.74) is 13.3. The lowest BCUT2D eigenvalue weighted by atomic mass is 10.1. The van der Waals surface area contributed by atoms with Gasteiger partial charge in [0.05, 0.1) is 15.8 Å². The Balaban J connectivity index is 1.69. The molecule has 35 heavy (non-hydrogen) atoms. The molecule has 4 aromatic rings. The maximum atomic E-state index is 9.92. The van der Waals surface area contributed by atoms with Gasteiger partial charge >= 0.3 is 0 Å². The van der Waals surface area contributed by atoms with Crippen molar-refractivity contribution in [1.29, 1.82) is 5.26 Å². The molecule has 0 spiro atoms. The van der Waals surface area contributed by atoms with Crippen molar-refractivity contribution in [1.82, 2.24) is 4.98 Å². The first-order valence-corrected chi connectivity index (χ1v) is 12.1. The van der Waals surface area contributed by atoms with Gasteiger partial charge < -0.3 is 9.64 Å².